The summed E-state index contributed by atoms with van der Waals surface area (Å²) in [4.78, 5) is 6.33. The first kappa shape index (κ1) is 12.6. The lowest BCUT2D eigenvalue weighted by Crippen LogP contribution is -2.30. The van der Waals surface area contributed by atoms with Crippen molar-refractivity contribution >= 4 is 11.3 Å². The van der Waals surface area contributed by atoms with Crippen LogP contribution >= 0.6 is 11.3 Å². The van der Waals surface area contributed by atoms with E-state index in [9.17, 15) is 0 Å². The molecule has 4 heteroatoms. The maximum Gasteiger partial charge on any atom is 0.122 e. The summed E-state index contributed by atoms with van der Waals surface area (Å²) in [7, 11) is 2.06. The van der Waals surface area contributed by atoms with Gasteiger partial charge in [0.2, 0.25) is 0 Å². The van der Waals surface area contributed by atoms with Gasteiger partial charge in [-0.3, -0.25) is 0 Å². The van der Waals surface area contributed by atoms with E-state index in [1.165, 1.54) is 28.4 Å². The third kappa shape index (κ3) is 2.22. The van der Waals surface area contributed by atoms with Crippen molar-refractivity contribution in [2.75, 3.05) is 13.7 Å². The van der Waals surface area contributed by atoms with E-state index in [2.05, 4.69) is 26.2 Å². The fraction of sp³-hybridized carbons (Fsp3) is 0.786. The smallest absolute Gasteiger partial charge is 0.122 e. The van der Waals surface area contributed by atoms with Gasteiger partial charge in [-0.25, -0.2) is 4.98 Å². The van der Waals surface area contributed by atoms with Crippen molar-refractivity contribution in [2.45, 2.75) is 51.7 Å². The molecule has 0 amide bonds. The highest BCUT2D eigenvalue weighted by Gasteiger charge is 2.35. The second-order valence-electron chi connectivity index (χ2n) is 6.25. The minimum atomic E-state index is 0.265. The first-order chi connectivity index (χ1) is 8.59. The van der Waals surface area contributed by atoms with Crippen LogP contribution in [0, 0.1) is 5.41 Å². The maximum absolute atomic E-state index is 5.77. The topological polar surface area (TPSA) is 34.2 Å². The van der Waals surface area contributed by atoms with Gasteiger partial charge in [-0.05, 0) is 38.1 Å². The van der Waals surface area contributed by atoms with Crippen LogP contribution in [0.1, 0.15) is 60.8 Å². The molecule has 3 rings (SSSR count). The number of ether oxygens (including phenoxy) is 1. The molecule has 1 aromatic heterocycles. The molecule has 1 fully saturated rings. The lowest BCUT2D eigenvalue weighted by atomic mass is 9.76. The summed E-state index contributed by atoms with van der Waals surface area (Å²) in [6, 6.07) is 0.469. The summed E-state index contributed by atoms with van der Waals surface area (Å²) in [5, 5.41) is 4.65. The molecule has 0 bridgehead atoms. The zero-order valence-electron chi connectivity index (χ0n) is 11.5. The Morgan fingerprint density at radius 2 is 2.28 bits per heavy atom. The summed E-state index contributed by atoms with van der Waals surface area (Å²) >= 11 is 1.87. The molecule has 1 aliphatic carbocycles. The third-order valence-electron chi connectivity index (χ3n) is 4.02. The van der Waals surface area contributed by atoms with Gasteiger partial charge in [-0.15, -0.1) is 11.3 Å². The minimum absolute atomic E-state index is 0.265. The van der Waals surface area contributed by atoms with E-state index >= 15 is 0 Å². The number of thiazole rings is 1. The predicted molar refractivity (Wildman–Crippen MR) is 73.9 cm³/mol. The fourth-order valence-electron chi connectivity index (χ4n) is 3.10. The standard InChI is InChI=1S/C14H22N2OS/c1-14(2)7-9(15-3)12-10(8-14)16-13(18-12)11-5-4-6-17-11/h9,11,15H,4-8H2,1-3H3. The molecular formula is C14H22N2OS. The molecule has 18 heavy (non-hydrogen) atoms. The molecule has 1 aromatic rings. The molecule has 1 N–H and O–H groups in total. The van der Waals surface area contributed by atoms with E-state index in [-0.39, 0.29) is 6.10 Å². The second kappa shape index (κ2) is 4.58. The van der Waals surface area contributed by atoms with Crippen molar-refractivity contribution in [3.8, 4) is 0 Å². The maximum atomic E-state index is 5.77. The summed E-state index contributed by atoms with van der Waals surface area (Å²) in [5.74, 6) is 0. The van der Waals surface area contributed by atoms with Crippen molar-refractivity contribution in [1.82, 2.24) is 10.3 Å². The summed E-state index contributed by atoms with van der Waals surface area (Å²) < 4.78 is 5.77. The molecular weight excluding hydrogens is 244 g/mol. The van der Waals surface area contributed by atoms with Crippen LogP contribution < -0.4 is 5.32 Å². The summed E-state index contributed by atoms with van der Waals surface area (Å²) in [5.41, 5.74) is 1.66. The highest BCUT2D eigenvalue weighted by molar-refractivity contribution is 7.11. The van der Waals surface area contributed by atoms with Crippen LogP contribution in [0.5, 0.6) is 0 Å². The molecule has 0 spiro atoms. The number of fused-ring (bicyclic) bond motifs is 1. The number of nitrogens with zero attached hydrogens (tertiary/aromatic N) is 1. The number of hydrogen-bond donors (Lipinski definition) is 1. The Morgan fingerprint density at radius 1 is 1.44 bits per heavy atom. The summed E-state index contributed by atoms with van der Waals surface area (Å²) in [6.45, 7) is 5.58. The average molecular weight is 266 g/mol. The molecule has 2 atom stereocenters. The first-order valence-corrected chi connectivity index (χ1v) is 7.69. The van der Waals surface area contributed by atoms with E-state index in [1.807, 2.05) is 11.3 Å². The molecule has 0 aromatic carbocycles. The molecule has 0 radical (unpaired) electrons. The van der Waals surface area contributed by atoms with Gasteiger partial charge in [0.25, 0.3) is 0 Å². The van der Waals surface area contributed by atoms with Gasteiger partial charge in [0, 0.05) is 17.5 Å². The Balaban J connectivity index is 1.92. The van der Waals surface area contributed by atoms with Gasteiger partial charge in [0.05, 0.1) is 5.69 Å². The van der Waals surface area contributed by atoms with Gasteiger partial charge in [0.1, 0.15) is 11.1 Å². The van der Waals surface area contributed by atoms with Gasteiger partial charge < -0.3 is 10.1 Å². The van der Waals surface area contributed by atoms with Crippen LogP contribution in [0.15, 0.2) is 0 Å². The molecule has 100 valence electrons. The van der Waals surface area contributed by atoms with Crippen molar-refractivity contribution in [3.05, 3.63) is 15.6 Å². The number of rotatable bonds is 2. The predicted octanol–water partition coefficient (Wildman–Crippen LogP) is 3.23. The van der Waals surface area contributed by atoms with E-state index < -0.39 is 0 Å². The number of hydrogen-bond acceptors (Lipinski definition) is 4. The zero-order chi connectivity index (χ0) is 12.8. The average Bonchev–Trinajstić information content (AvgIpc) is 2.93. The van der Waals surface area contributed by atoms with Gasteiger partial charge >= 0.3 is 0 Å². The normalized spacial score (nSPS) is 30.4. The van der Waals surface area contributed by atoms with Crippen LogP contribution in [0.4, 0.5) is 0 Å². The quantitative estimate of drug-likeness (QED) is 0.892. The molecule has 2 unspecified atom stereocenters. The second-order valence-corrected chi connectivity index (χ2v) is 7.31. The Hall–Kier alpha value is -0.450. The largest absolute Gasteiger partial charge is 0.371 e. The SMILES string of the molecule is CNC1CC(C)(C)Cc2nc(C3CCCO3)sc21. The molecule has 2 heterocycles. The monoisotopic (exact) mass is 266 g/mol. The van der Waals surface area contributed by atoms with Crippen LogP contribution in [-0.4, -0.2) is 18.6 Å². The summed E-state index contributed by atoms with van der Waals surface area (Å²) in [6.07, 6.45) is 4.88. The highest BCUT2D eigenvalue weighted by Crippen LogP contribution is 2.44. The fourth-order valence-corrected chi connectivity index (χ4v) is 4.37. The van der Waals surface area contributed by atoms with Gasteiger partial charge in [-0.2, -0.15) is 0 Å². The van der Waals surface area contributed by atoms with Crippen molar-refractivity contribution < 1.29 is 4.74 Å². The molecule has 3 nitrogen and oxygen atoms in total. The third-order valence-corrected chi connectivity index (χ3v) is 5.32. The Bertz CT molecular complexity index is 435. The Labute approximate surface area is 113 Å². The van der Waals surface area contributed by atoms with Crippen LogP contribution in [-0.2, 0) is 11.2 Å². The van der Waals surface area contributed by atoms with E-state index in [0.29, 0.717) is 11.5 Å². The lowest BCUT2D eigenvalue weighted by Gasteiger charge is -2.34. The van der Waals surface area contributed by atoms with Crippen LogP contribution in [0.25, 0.3) is 0 Å². The number of aromatic nitrogens is 1. The van der Waals surface area contributed by atoms with Crippen LogP contribution in [0.2, 0.25) is 0 Å². The van der Waals surface area contributed by atoms with Crippen LogP contribution in [0.3, 0.4) is 0 Å². The van der Waals surface area contributed by atoms with E-state index in [1.54, 1.807) is 0 Å². The van der Waals surface area contributed by atoms with Gasteiger partial charge in [-0.1, -0.05) is 13.8 Å². The first-order valence-electron chi connectivity index (χ1n) is 6.87. The zero-order valence-corrected chi connectivity index (χ0v) is 12.3. The van der Waals surface area contributed by atoms with Crippen molar-refractivity contribution in [1.29, 1.82) is 0 Å². The minimum Gasteiger partial charge on any atom is -0.371 e. The van der Waals surface area contributed by atoms with Gasteiger partial charge in [0.15, 0.2) is 0 Å². The van der Waals surface area contributed by atoms with E-state index in [0.717, 1.165) is 19.4 Å². The van der Waals surface area contributed by atoms with E-state index in [4.69, 9.17) is 9.72 Å². The molecule has 1 saturated heterocycles. The Morgan fingerprint density at radius 3 is 2.94 bits per heavy atom. The Kier molecular flexibility index (Phi) is 3.20. The number of nitrogens with one attached hydrogen (secondary N) is 1. The highest BCUT2D eigenvalue weighted by atomic mass is 32.1. The molecule has 2 aliphatic rings. The molecule has 0 saturated carbocycles. The lowest BCUT2D eigenvalue weighted by molar-refractivity contribution is 0.111. The van der Waals surface area contributed by atoms with Crippen molar-refractivity contribution in [3.63, 3.8) is 0 Å². The molecule has 1 aliphatic heterocycles. The van der Waals surface area contributed by atoms with Crippen molar-refractivity contribution in [2.24, 2.45) is 5.41 Å².